The number of carbonyl (C=O) groups is 1. The van der Waals surface area contributed by atoms with Gasteiger partial charge < -0.3 is 18.4 Å². The maximum absolute atomic E-state index is 12.7. The van der Waals surface area contributed by atoms with E-state index in [4.69, 9.17) is 11.6 Å². The van der Waals surface area contributed by atoms with Gasteiger partial charge in [-0.3, -0.25) is 4.79 Å². The highest BCUT2D eigenvalue weighted by atomic mass is 35.5. The third-order valence-corrected chi connectivity index (χ3v) is 5.61. The average Bonchev–Trinajstić information content (AvgIpc) is 3.15. The van der Waals surface area contributed by atoms with E-state index in [1.165, 1.54) is 9.47 Å². The monoisotopic (exact) mass is 534 g/mol. The summed E-state index contributed by atoms with van der Waals surface area (Å²) in [5.41, 5.74) is -5.93. The SMILES string of the molecule is C=CC(=O)N1CCn2c(nnc2-c2cc(Cl)c(OS(=O)(=O)C(F)(F)F)c(OCC(F)(F)F)c2)C1. The normalized spacial score (nSPS) is 14.5. The Kier molecular flexibility index (Phi) is 6.76. The fraction of sp³-hybridized carbons (Fsp3) is 0.353. The van der Waals surface area contributed by atoms with Crippen molar-refractivity contribution in [3.63, 3.8) is 0 Å². The second-order valence-corrected chi connectivity index (χ2v) is 8.67. The van der Waals surface area contributed by atoms with Crippen LogP contribution < -0.4 is 8.92 Å². The smallest absolute Gasteiger partial charge is 0.480 e. The highest BCUT2D eigenvalue weighted by Crippen LogP contribution is 2.42. The molecule has 34 heavy (non-hydrogen) atoms. The van der Waals surface area contributed by atoms with Crippen molar-refractivity contribution in [2.75, 3.05) is 13.2 Å². The summed E-state index contributed by atoms with van der Waals surface area (Å²) >= 11 is 5.88. The molecule has 9 nitrogen and oxygen atoms in total. The van der Waals surface area contributed by atoms with Crippen molar-refractivity contribution < 1.29 is 48.5 Å². The van der Waals surface area contributed by atoms with Crippen LogP contribution in [0.15, 0.2) is 24.8 Å². The molecule has 1 aliphatic rings. The van der Waals surface area contributed by atoms with Crippen LogP contribution >= 0.6 is 11.6 Å². The number of benzene rings is 1. The van der Waals surface area contributed by atoms with Crippen LogP contribution in [-0.2, 0) is 28.0 Å². The van der Waals surface area contributed by atoms with Crippen molar-refractivity contribution in [3.8, 4) is 22.9 Å². The Morgan fingerprint density at radius 2 is 1.85 bits per heavy atom. The lowest BCUT2D eigenvalue weighted by Gasteiger charge is -2.27. The van der Waals surface area contributed by atoms with E-state index in [1.807, 2.05) is 0 Å². The van der Waals surface area contributed by atoms with Crippen molar-refractivity contribution in [2.45, 2.75) is 24.8 Å². The van der Waals surface area contributed by atoms with E-state index >= 15 is 0 Å². The average molecular weight is 535 g/mol. The third kappa shape index (κ3) is 5.38. The zero-order valence-corrected chi connectivity index (χ0v) is 18.2. The Balaban J connectivity index is 2.04. The van der Waals surface area contributed by atoms with E-state index in [0.717, 1.165) is 18.2 Å². The molecule has 0 unspecified atom stereocenters. The Labute approximate surface area is 192 Å². The molecule has 2 aromatic rings. The fourth-order valence-electron chi connectivity index (χ4n) is 2.89. The number of nitrogens with zero attached hydrogens (tertiary/aromatic N) is 4. The summed E-state index contributed by atoms with van der Waals surface area (Å²) in [6, 6.07) is 1.72. The molecule has 1 aromatic heterocycles. The first-order valence-corrected chi connectivity index (χ1v) is 10.8. The lowest BCUT2D eigenvalue weighted by atomic mass is 10.1. The first-order chi connectivity index (χ1) is 15.6. The maximum Gasteiger partial charge on any atom is 0.534 e. The van der Waals surface area contributed by atoms with Gasteiger partial charge in [0.25, 0.3) is 0 Å². The molecule has 1 amide bonds. The number of alkyl halides is 6. The van der Waals surface area contributed by atoms with Gasteiger partial charge in [0.2, 0.25) is 11.7 Å². The molecule has 0 fully saturated rings. The number of hydrogen-bond donors (Lipinski definition) is 0. The molecule has 0 N–H and O–H groups in total. The summed E-state index contributed by atoms with van der Waals surface area (Å²) in [4.78, 5) is 13.2. The van der Waals surface area contributed by atoms with Crippen molar-refractivity contribution >= 4 is 27.6 Å². The molecule has 1 aliphatic heterocycles. The first kappa shape index (κ1) is 25.6. The van der Waals surface area contributed by atoms with Crippen molar-refractivity contribution in [2.24, 2.45) is 0 Å². The van der Waals surface area contributed by atoms with E-state index in [9.17, 15) is 39.6 Å². The molecule has 0 radical (unpaired) electrons. The van der Waals surface area contributed by atoms with Crippen LogP contribution in [-0.4, -0.2) is 58.8 Å². The number of amides is 1. The molecule has 3 rings (SSSR count). The predicted molar refractivity (Wildman–Crippen MR) is 103 cm³/mol. The van der Waals surface area contributed by atoms with Crippen LogP contribution in [0.1, 0.15) is 5.82 Å². The molecule has 0 atom stereocenters. The number of halogens is 7. The molecule has 0 spiro atoms. The lowest BCUT2D eigenvalue weighted by molar-refractivity contribution is -0.153. The van der Waals surface area contributed by atoms with Crippen LogP contribution in [0.5, 0.6) is 11.5 Å². The standard InChI is InChI=1S/C17H13ClF6N4O5S/c1-2-13(29)27-3-4-28-12(7-27)25-26-15(28)9-5-10(18)14(33-34(30,31)17(22,23)24)11(6-9)32-8-16(19,20)21/h2,5-6H,1,3-4,7-8H2. The summed E-state index contributed by atoms with van der Waals surface area (Å²) in [7, 11) is -6.27. The van der Waals surface area contributed by atoms with Gasteiger partial charge in [0.1, 0.15) is 0 Å². The number of rotatable bonds is 6. The zero-order valence-electron chi connectivity index (χ0n) is 16.7. The zero-order chi connectivity index (χ0) is 25.5. The molecule has 1 aromatic carbocycles. The van der Waals surface area contributed by atoms with Gasteiger partial charge in [0, 0.05) is 18.7 Å². The van der Waals surface area contributed by atoms with Crippen LogP contribution in [0.25, 0.3) is 11.4 Å². The van der Waals surface area contributed by atoms with E-state index in [2.05, 4.69) is 25.7 Å². The molecular weight excluding hydrogens is 522 g/mol. The minimum atomic E-state index is -6.27. The van der Waals surface area contributed by atoms with Gasteiger partial charge in [-0.1, -0.05) is 18.2 Å². The minimum absolute atomic E-state index is 0.0321. The predicted octanol–water partition coefficient (Wildman–Crippen LogP) is 3.30. The van der Waals surface area contributed by atoms with Crippen molar-refractivity contribution in [1.29, 1.82) is 0 Å². The van der Waals surface area contributed by atoms with Crippen molar-refractivity contribution in [1.82, 2.24) is 19.7 Å². The van der Waals surface area contributed by atoms with Crippen LogP contribution in [0.4, 0.5) is 26.3 Å². The second-order valence-electron chi connectivity index (χ2n) is 6.73. The fourth-order valence-corrected chi connectivity index (χ4v) is 3.67. The topological polar surface area (TPSA) is 104 Å². The van der Waals surface area contributed by atoms with Gasteiger partial charge in [-0.25, -0.2) is 0 Å². The summed E-state index contributed by atoms with van der Waals surface area (Å²) in [6.07, 6.45) is -3.82. The number of fused-ring (bicyclic) bond motifs is 1. The number of ether oxygens (including phenoxy) is 1. The highest BCUT2D eigenvalue weighted by molar-refractivity contribution is 7.88. The van der Waals surface area contributed by atoms with E-state index in [-0.39, 0.29) is 36.9 Å². The molecule has 2 heterocycles. The quantitative estimate of drug-likeness (QED) is 0.242. The minimum Gasteiger partial charge on any atom is -0.480 e. The van der Waals surface area contributed by atoms with Crippen LogP contribution in [0.3, 0.4) is 0 Å². The number of carbonyl (C=O) groups excluding carboxylic acids is 1. The van der Waals surface area contributed by atoms with Gasteiger partial charge in [-0.15, -0.1) is 10.2 Å². The summed E-state index contributed by atoms with van der Waals surface area (Å²) in [6.45, 7) is 1.80. The summed E-state index contributed by atoms with van der Waals surface area (Å²) < 4.78 is 109. The molecule has 186 valence electrons. The largest absolute Gasteiger partial charge is 0.534 e. The third-order valence-electron chi connectivity index (χ3n) is 4.38. The van der Waals surface area contributed by atoms with Gasteiger partial charge in [0.15, 0.2) is 24.0 Å². The van der Waals surface area contributed by atoms with Gasteiger partial charge >= 0.3 is 21.8 Å². The van der Waals surface area contributed by atoms with Gasteiger partial charge in [0.05, 0.1) is 11.6 Å². The van der Waals surface area contributed by atoms with E-state index in [1.54, 1.807) is 0 Å². The molecule has 0 saturated heterocycles. The molecular formula is C17H13ClF6N4O5S. The molecule has 17 heteroatoms. The lowest BCUT2D eigenvalue weighted by Crippen LogP contribution is -2.37. The number of aromatic nitrogens is 3. The van der Waals surface area contributed by atoms with Gasteiger partial charge in [-0.2, -0.15) is 34.8 Å². The summed E-state index contributed by atoms with van der Waals surface area (Å²) in [5, 5.41) is 7.01. The Morgan fingerprint density at radius 1 is 1.18 bits per heavy atom. The van der Waals surface area contributed by atoms with E-state index in [0.29, 0.717) is 5.82 Å². The van der Waals surface area contributed by atoms with Crippen molar-refractivity contribution in [3.05, 3.63) is 35.6 Å². The first-order valence-electron chi connectivity index (χ1n) is 9.00. The summed E-state index contributed by atoms with van der Waals surface area (Å²) in [5.74, 6) is -2.35. The van der Waals surface area contributed by atoms with Crippen LogP contribution in [0, 0.1) is 0 Å². The molecule has 0 saturated carbocycles. The maximum atomic E-state index is 12.7. The Morgan fingerprint density at radius 3 is 2.44 bits per heavy atom. The number of hydrogen-bond acceptors (Lipinski definition) is 7. The second kappa shape index (κ2) is 8.98. The molecule has 0 bridgehead atoms. The van der Waals surface area contributed by atoms with Gasteiger partial charge in [-0.05, 0) is 18.2 Å². The Bertz CT molecular complexity index is 1230. The van der Waals surface area contributed by atoms with E-state index < -0.39 is 44.9 Å². The highest BCUT2D eigenvalue weighted by Gasteiger charge is 2.49. The van der Waals surface area contributed by atoms with Crippen LogP contribution in [0.2, 0.25) is 5.02 Å². The Hall–Kier alpha value is -3.01. The molecule has 0 aliphatic carbocycles.